The summed E-state index contributed by atoms with van der Waals surface area (Å²) in [7, 11) is 1.62. The summed E-state index contributed by atoms with van der Waals surface area (Å²) in [6, 6.07) is 9.52. The van der Waals surface area contributed by atoms with Crippen molar-refractivity contribution in [2.24, 2.45) is 5.73 Å². The number of rotatable bonds is 5. The maximum absolute atomic E-state index is 12.4. The highest BCUT2D eigenvalue weighted by molar-refractivity contribution is 5.92. The predicted octanol–water partition coefficient (Wildman–Crippen LogP) is 2.48. The Bertz CT molecular complexity index is 726. The number of nitrogens with two attached hydrogens (primary N) is 1. The van der Waals surface area contributed by atoms with Crippen molar-refractivity contribution in [3.8, 4) is 6.07 Å². The Morgan fingerprint density at radius 3 is 2.58 bits per heavy atom. The van der Waals surface area contributed by atoms with Crippen molar-refractivity contribution in [1.82, 2.24) is 0 Å². The molecule has 1 aliphatic heterocycles. The standard InChI is InChI=1S/C18H20N2O4/c1-4-23-18(21)15-11(2)24-17(20)14(9-19)16(15)13-7-5-12(6-8-13)10-22-3/h5-8,16H,4,10,20H2,1-3H3. The van der Waals surface area contributed by atoms with Crippen LogP contribution < -0.4 is 5.73 Å². The zero-order valence-corrected chi connectivity index (χ0v) is 14.0. The molecule has 2 N–H and O–H groups in total. The molecule has 6 nitrogen and oxygen atoms in total. The number of allylic oxidation sites excluding steroid dienone is 2. The molecule has 0 aromatic heterocycles. The maximum Gasteiger partial charge on any atom is 0.338 e. The van der Waals surface area contributed by atoms with E-state index in [4.69, 9.17) is 19.9 Å². The maximum atomic E-state index is 12.4. The number of benzene rings is 1. The van der Waals surface area contributed by atoms with Crippen LogP contribution in [0.1, 0.15) is 30.9 Å². The van der Waals surface area contributed by atoms with Crippen molar-refractivity contribution >= 4 is 5.97 Å². The largest absolute Gasteiger partial charge is 0.463 e. The van der Waals surface area contributed by atoms with E-state index in [1.165, 1.54) is 0 Å². The van der Waals surface area contributed by atoms with Crippen LogP contribution >= 0.6 is 0 Å². The third-order valence-electron chi connectivity index (χ3n) is 3.73. The topological polar surface area (TPSA) is 94.6 Å². The fourth-order valence-electron chi connectivity index (χ4n) is 2.66. The molecule has 0 saturated heterocycles. The fraction of sp³-hybridized carbons (Fsp3) is 0.333. The van der Waals surface area contributed by atoms with Crippen LogP contribution in [-0.4, -0.2) is 19.7 Å². The number of carbonyl (C=O) groups excluding carboxylic acids is 1. The molecule has 0 bridgehead atoms. The van der Waals surface area contributed by atoms with Crippen molar-refractivity contribution in [3.63, 3.8) is 0 Å². The van der Waals surface area contributed by atoms with E-state index in [2.05, 4.69) is 6.07 Å². The van der Waals surface area contributed by atoms with Crippen LogP contribution in [0.2, 0.25) is 0 Å². The average Bonchev–Trinajstić information content (AvgIpc) is 2.55. The Morgan fingerprint density at radius 2 is 2.04 bits per heavy atom. The molecule has 6 heteroatoms. The third-order valence-corrected chi connectivity index (χ3v) is 3.73. The molecule has 0 saturated carbocycles. The Labute approximate surface area is 141 Å². The van der Waals surface area contributed by atoms with Gasteiger partial charge in [-0.05, 0) is 25.0 Å². The lowest BCUT2D eigenvalue weighted by molar-refractivity contribution is -0.139. The molecule has 0 aliphatic carbocycles. The summed E-state index contributed by atoms with van der Waals surface area (Å²) in [6.07, 6.45) is 0. The molecule has 0 spiro atoms. The lowest BCUT2D eigenvalue weighted by Crippen LogP contribution is -2.25. The van der Waals surface area contributed by atoms with Crippen LogP contribution in [0, 0.1) is 11.3 Å². The summed E-state index contributed by atoms with van der Waals surface area (Å²) < 4.78 is 15.6. The first-order chi connectivity index (χ1) is 11.5. The third kappa shape index (κ3) is 3.42. The minimum absolute atomic E-state index is 0.00835. The van der Waals surface area contributed by atoms with E-state index in [1.54, 1.807) is 21.0 Å². The molecule has 126 valence electrons. The highest BCUT2D eigenvalue weighted by Gasteiger charge is 2.36. The van der Waals surface area contributed by atoms with Crippen LogP contribution in [0.4, 0.5) is 0 Å². The van der Waals surface area contributed by atoms with Crippen LogP contribution in [-0.2, 0) is 25.6 Å². The van der Waals surface area contributed by atoms with Crippen molar-refractivity contribution < 1.29 is 19.0 Å². The molecular weight excluding hydrogens is 308 g/mol. The number of ether oxygens (including phenoxy) is 3. The van der Waals surface area contributed by atoms with Crippen LogP contribution in [0.25, 0.3) is 0 Å². The molecule has 0 radical (unpaired) electrons. The normalized spacial score (nSPS) is 17.3. The monoisotopic (exact) mass is 328 g/mol. The second-order valence-corrected chi connectivity index (χ2v) is 5.29. The Hall–Kier alpha value is -2.78. The van der Waals surface area contributed by atoms with Gasteiger partial charge in [0.2, 0.25) is 5.88 Å². The molecule has 2 rings (SSSR count). The first-order valence-electron chi connectivity index (χ1n) is 7.56. The van der Waals surface area contributed by atoms with Gasteiger partial charge in [0.15, 0.2) is 0 Å². The first kappa shape index (κ1) is 17.6. The molecule has 1 unspecified atom stereocenters. The number of carbonyl (C=O) groups is 1. The van der Waals surface area contributed by atoms with Crippen LogP contribution in [0.3, 0.4) is 0 Å². The summed E-state index contributed by atoms with van der Waals surface area (Å²) in [6.45, 7) is 4.08. The molecule has 0 amide bonds. The first-order valence-corrected chi connectivity index (χ1v) is 7.56. The summed E-state index contributed by atoms with van der Waals surface area (Å²) in [4.78, 5) is 12.4. The zero-order chi connectivity index (χ0) is 17.7. The number of hydrogen-bond donors (Lipinski definition) is 1. The van der Waals surface area contributed by atoms with Crippen molar-refractivity contribution in [2.45, 2.75) is 26.4 Å². The highest BCUT2D eigenvalue weighted by Crippen LogP contribution is 2.39. The number of esters is 1. The fourth-order valence-corrected chi connectivity index (χ4v) is 2.66. The average molecular weight is 328 g/mol. The van der Waals surface area contributed by atoms with E-state index in [-0.39, 0.29) is 18.1 Å². The van der Waals surface area contributed by atoms with Crippen LogP contribution in [0.5, 0.6) is 0 Å². The van der Waals surface area contributed by atoms with Gasteiger partial charge in [-0.3, -0.25) is 0 Å². The van der Waals surface area contributed by atoms with E-state index >= 15 is 0 Å². The van der Waals surface area contributed by atoms with E-state index < -0.39 is 11.9 Å². The predicted molar refractivity (Wildman–Crippen MR) is 87.1 cm³/mol. The van der Waals surface area contributed by atoms with Crippen molar-refractivity contribution in [3.05, 3.63) is 58.2 Å². The molecule has 0 fully saturated rings. The lowest BCUT2D eigenvalue weighted by atomic mass is 9.83. The quantitative estimate of drug-likeness (QED) is 0.834. The molecule has 1 aliphatic rings. The van der Waals surface area contributed by atoms with E-state index in [1.807, 2.05) is 24.3 Å². The summed E-state index contributed by atoms with van der Waals surface area (Å²) in [5.41, 5.74) is 8.09. The van der Waals surface area contributed by atoms with Gasteiger partial charge in [-0.1, -0.05) is 24.3 Å². The molecule has 1 heterocycles. The van der Waals surface area contributed by atoms with Gasteiger partial charge in [0.1, 0.15) is 17.4 Å². The smallest absolute Gasteiger partial charge is 0.338 e. The van der Waals surface area contributed by atoms with Crippen LogP contribution in [0.15, 0.2) is 47.1 Å². The Kier molecular flexibility index (Phi) is 5.61. The van der Waals surface area contributed by atoms with Crippen molar-refractivity contribution in [1.29, 1.82) is 5.26 Å². The minimum atomic E-state index is -0.612. The number of hydrogen-bond acceptors (Lipinski definition) is 6. The number of methoxy groups -OCH3 is 1. The van der Waals surface area contributed by atoms with Gasteiger partial charge < -0.3 is 19.9 Å². The number of nitrogens with zero attached hydrogens (tertiary/aromatic N) is 1. The zero-order valence-electron chi connectivity index (χ0n) is 14.0. The molecule has 24 heavy (non-hydrogen) atoms. The number of nitriles is 1. The van der Waals surface area contributed by atoms with Gasteiger partial charge in [0, 0.05) is 7.11 Å². The van der Waals surface area contributed by atoms with Gasteiger partial charge in [-0.25, -0.2) is 4.79 Å². The van der Waals surface area contributed by atoms with E-state index in [0.717, 1.165) is 11.1 Å². The highest BCUT2D eigenvalue weighted by atomic mass is 16.5. The SMILES string of the molecule is CCOC(=O)C1=C(C)OC(N)=C(C#N)C1c1ccc(COC)cc1. The second-order valence-electron chi connectivity index (χ2n) is 5.29. The summed E-state index contributed by atoms with van der Waals surface area (Å²) >= 11 is 0. The summed E-state index contributed by atoms with van der Waals surface area (Å²) in [5, 5.41) is 9.49. The van der Waals surface area contributed by atoms with Gasteiger partial charge in [0.25, 0.3) is 0 Å². The molecular formula is C18H20N2O4. The molecule has 1 atom stereocenters. The van der Waals surface area contributed by atoms with Gasteiger partial charge in [-0.2, -0.15) is 5.26 Å². The van der Waals surface area contributed by atoms with Gasteiger partial charge in [-0.15, -0.1) is 0 Å². The Morgan fingerprint density at radius 1 is 1.38 bits per heavy atom. The van der Waals surface area contributed by atoms with Gasteiger partial charge in [0.05, 0.1) is 24.7 Å². The van der Waals surface area contributed by atoms with E-state index in [0.29, 0.717) is 17.9 Å². The minimum Gasteiger partial charge on any atom is -0.463 e. The van der Waals surface area contributed by atoms with Crippen molar-refractivity contribution in [2.75, 3.05) is 13.7 Å². The second kappa shape index (κ2) is 7.66. The van der Waals surface area contributed by atoms with E-state index in [9.17, 15) is 10.1 Å². The summed E-state index contributed by atoms with van der Waals surface area (Å²) in [5.74, 6) is -0.773. The molecule has 1 aromatic rings. The lowest BCUT2D eigenvalue weighted by Gasteiger charge is -2.26. The Balaban J connectivity index is 2.51. The molecule has 1 aromatic carbocycles. The van der Waals surface area contributed by atoms with Gasteiger partial charge >= 0.3 is 5.97 Å².